The summed E-state index contributed by atoms with van der Waals surface area (Å²) in [5.74, 6) is 0.636. The number of aromatic nitrogens is 1. The minimum atomic E-state index is 0.214. The van der Waals surface area contributed by atoms with Crippen molar-refractivity contribution < 1.29 is 4.79 Å². The van der Waals surface area contributed by atoms with Gasteiger partial charge >= 0.3 is 0 Å². The molecule has 2 saturated heterocycles. The van der Waals surface area contributed by atoms with Gasteiger partial charge in [0.15, 0.2) is 0 Å². The highest BCUT2D eigenvalue weighted by atomic mass is 35.5. The van der Waals surface area contributed by atoms with Crippen LogP contribution in [-0.2, 0) is 17.1 Å². The first-order valence-electron chi connectivity index (χ1n) is 7.27. The number of piperidine rings is 1. The predicted octanol–water partition coefficient (Wildman–Crippen LogP) is 2.12. The molecule has 1 atom stereocenters. The quantitative estimate of drug-likeness (QED) is 0.802. The standard InChI is InChI=1S/C14H20ClN3OS/c15-8-11-10-20-13(16-11)7-14(19)18-6-5-17-4-2-1-3-12(17)9-18/h10,12H,1-9H2. The van der Waals surface area contributed by atoms with Gasteiger partial charge in [-0.15, -0.1) is 22.9 Å². The van der Waals surface area contributed by atoms with Crippen molar-refractivity contribution in [3.05, 3.63) is 16.1 Å². The molecule has 4 nitrogen and oxygen atoms in total. The molecule has 3 heterocycles. The summed E-state index contributed by atoms with van der Waals surface area (Å²) in [6.45, 7) is 4.00. The molecule has 20 heavy (non-hydrogen) atoms. The highest BCUT2D eigenvalue weighted by molar-refractivity contribution is 7.09. The van der Waals surface area contributed by atoms with Gasteiger partial charge < -0.3 is 4.90 Å². The minimum Gasteiger partial charge on any atom is -0.339 e. The van der Waals surface area contributed by atoms with Gasteiger partial charge in [0.2, 0.25) is 5.91 Å². The van der Waals surface area contributed by atoms with E-state index in [-0.39, 0.29) is 5.91 Å². The average Bonchev–Trinajstić information content (AvgIpc) is 2.94. The Morgan fingerprint density at radius 1 is 1.40 bits per heavy atom. The molecule has 2 fully saturated rings. The Kier molecular flexibility index (Phi) is 4.58. The van der Waals surface area contributed by atoms with E-state index in [9.17, 15) is 4.79 Å². The lowest BCUT2D eigenvalue weighted by Crippen LogP contribution is -2.56. The van der Waals surface area contributed by atoms with Crippen molar-refractivity contribution >= 4 is 28.8 Å². The van der Waals surface area contributed by atoms with E-state index in [2.05, 4.69) is 9.88 Å². The first-order valence-corrected chi connectivity index (χ1v) is 8.69. The number of halogens is 1. The van der Waals surface area contributed by atoms with Crippen LogP contribution in [0.1, 0.15) is 30.0 Å². The normalized spacial score (nSPS) is 23.6. The number of amides is 1. The number of rotatable bonds is 3. The minimum absolute atomic E-state index is 0.214. The Hall–Kier alpha value is -0.650. The molecule has 0 spiro atoms. The molecule has 6 heteroatoms. The molecule has 0 aliphatic carbocycles. The van der Waals surface area contributed by atoms with Gasteiger partial charge in [-0.3, -0.25) is 9.69 Å². The summed E-state index contributed by atoms with van der Waals surface area (Å²) in [6.07, 6.45) is 4.27. The second-order valence-electron chi connectivity index (χ2n) is 5.57. The molecule has 1 aromatic rings. The number of thiazole rings is 1. The first kappa shape index (κ1) is 14.3. The molecule has 0 saturated carbocycles. The zero-order valence-corrected chi connectivity index (χ0v) is 13.1. The molecule has 1 amide bonds. The van der Waals surface area contributed by atoms with Gasteiger partial charge in [0.05, 0.1) is 18.0 Å². The van der Waals surface area contributed by atoms with Gasteiger partial charge in [-0.25, -0.2) is 4.98 Å². The van der Waals surface area contributed by atoms with Crippen LogP contribution in [0.25, 0.3) is 0 Å². The lowest BCUT2D eigenvalue weighted by Gasteiger charge is -2.44. The number of carbonyl (C=O) groups is 1. The fourth-order valence-electron chi connectivity index (χ4n) is 3.12. The van der Waals surface area contributed by atoms with E-state index in [1.807, 2.05) is 10.3 Å². The third-order valence-electron chi connectivity index (χ3n) is 4.23. The van der Waals surface area contributed by atoms with Crippen LogP contribution < -0.4 is 0 Å². The van der Waals surface area contributed by atoms with Gasteiger partial charge in [-0.2, -0.15) is 0 Å². The predicted molar refractivity (Wildman–Crippen MR) is 81.2 cm³/mol. The fraction of sp³-hybridized carbons (Fsp3) is 0.714. The Morgan fingerprint density at radius 3 is 3.10 bits per heavy atom. The van der Waals surface area contributed by atoms with Crippen molar-refractivity contribution in [3.8, 4) is 0 Å². The molecule has 110 valence electrons. The van der Waals surface area contributed by atoms with Crippen LogP contribution in [0.5, 0.6) is 0 Å². The highest BCUT2D eigenvalue weighted by Gasteiger charge is 2.31. The third-order valence-corrected chi connectivity index (χ3v) is 5.40. The number of hydrogen-bond acceptors (Lipinski definition) is 4. The summed E-state index contributed by atoms with van der Waals surface area (Å²) in [7, 11) is 0. The lowest BCUT2D eigenvalue weighted by molar-refractivity contribution is -0.134. The topological polar surface area (TPSA) is 36.4 Å². The van der Waals surface area contributed by atoms with Crippen LogP contribution in [0.4, 0.5) is 0 Å². The van der Waals surface area contributed by atoms with E-state index in [0.29, 0.717) is 18.3 Å². The number of piperazine rings is 1. The number of nitrogens with zero attached hydrogens (tertiary/aromatic N) is 3. The molecule has 2 aliphatic rings. The van der Waals surface area contributed by atoms with Crippen molar-refractivity contribution in [2.45, 2.75) is 37.6 Å². The summed E-state index contributed by atoms with van der Waals surface area (Å²) in [5, 5.41) is 2.83. The maximum atomic E-state index is 12.4. The van der Waals surface area contributed by atoms with Gasteiger partial charge in [0.1, 0.15) is 5.01 Å². The van der Waals surface area contributed by atoms with Crippen molar-refractivity contribution in [1.29, 1.82) is 0 Å². The molecule has 3 rings (SSSR count). The van der Waals surface area contributed by atoms with E-state index >= 15 is 0 Å². The molecule has 0 N–H and O–H groups in total. The molecule has 1 unspecified atom stereocenters. The van der Waals surface area contributed by atoms with Crippen LogP contribution >= 0.6 is 22.9 Å². The molecule has 0 aromatic carbocycles. The largest absolute Gasteiger partial charge is 0.339 e. The van der Waals surface area contributed by atoms with Crippen molar-refractivity contribution in [3.63, 3.8) is 0 Å². The Bertz CT molecular complexity index is 479. The van der Waals surface area contributed by atoms with E-state index in [0.717, 1.165) is 30.3 Å². The molecular weight excluding hydrogens is 294 g/mol. The average molecular weight is 314 g/mol. The molecular formula is C14H20ClN3OS. The van der Waals surface area contributed by atoms with Crippen LogP contribution in [0, 0.1) is 0 Å². The second kappa shape index (κ2) is 6.41. The van der Waals surface area contributed by atoms with Crippen molar-refractivity contribution in [2.24, 2.45) is 0 Å². The van der Waals surface area contributed by atoms with E-state index in [1.54, 1.807) is 0 Å². The van der Waals surface area contributed by atoms with Crippen molar-refractivity contribution in [2.75, 3.05) is 26.2 Å². The van der Waals surface area contributed by atoms with E-state index in [1.165, 1.54) is 37.1 Å². The third kappa shape index (κ3) is 3.15. The summed E-state index contributed by atoms with van der Waals surface area (Å²) < 4.78 is 0. The number of carbonyl (C=O) groups excluding carboxylic acids is 1. The number of alkyl halides is 1. The Balaban J connectivity index is 1.57. The summed E-state index contributed by atoms with van der Waals surface area (Å²) >= 11 is 7.28. The lowest BCUT2D eigenvalue weighted by atomic mass is 9.99. The Labute approximate surface area is 128 Å². The number of hydrogen-bond donors (Lipinski definition) is 0. The summed E-state index contributed by atoms with van der Waals surface area (Å²) in [5.41, 5.74) is 0.872. The molecule has 0 radical (unpaired) electrons. The van der Waals surface area contributed by atoms with Crippen molar-refractivity contribution in [1.82, 2.24) is 14.8 Å². The summed E-state index contributed by atoms with van der Waals surface area (Å²) in [6, 6.07) is 0.580. The van der Waals surface area contributed by atoms with Crippen LogP contribution in [0.3, 0.4) is 0 Å². The van der Waals surface area contributed by atoms with Gasteiger partial charge in [0.25, 0.3) is 0 Å². The zero-order valence-electron chi connectivity index (χ0n) is 11.6. The first-order chi connectivity index (χ1) is 9.76. The van der Waals surface area contributed by atoms with E-state index in [4.69, 9.17) is 11.6 Å². The number of fused-ring (bicyclic) bond motifs is 1. The van der Waals surface area contributed by atoms with Gasteiger partial charge in [0, 0.05) is 31.1 Å². The molecule has 0 bridgehead atoms. The van der Waals surface area contributed by atoms with Crippen LogP contribution in [0.15, 0.2) is 5.38 Å². The molecule has 1 aromatic heterocycles. The zero-order chi connectivity index (χ0) is 13.9. The SMILES string of the molecule is O=C(Cc1nc(CCl)cs1)N1CCN2CCCCC2C1. The van der Waals surface area contributed by atoms with Crippen LogP contribution in [-0.4, -0.2) is 52.9 Å². The Morgan fingerprint density at radius 2 is 2.30 bits per heavy atom. The van der Waals surface area contributed by atoms with E-state index < -0.39 is 0 Å². The monoisotopic (exact) mass is 313 g/mol. The highest BCUT2D eigenvalue weighted by Crippen LogP contribution is 2.22. The smallest absolute Gasteiger partial charge is 0.229 e. The van der Waals surface area contributed by atoms with Crippen LogP contribution in [0.2, 0.25) is 0 Å². The van der Waals surface area contributed by atoms with Gasteiger partial charge in [-0.1, -0.05) is 6.42 Å². The molecule has 2 aliphatic heterocycles. The van der Waals surface area contributed by atoms with Gasteiger partial charge in [-0.05, 0) is 19.4 Å². The maximum Gasteiger partial charge on any atom is 0.229 e. The second-order valence-corrected chi connectivity index (χ2v) is 6.78. The fourth-order valence-corrected chi connectivity index (χ4v) is 4.13. The summed E-state index contributed by atoms with van der Waals surface area (Å²) in [4.78, 5) is 21.3. The maximum absolute atomic E-state index is 12.4.